The van der Waals surface area contributed by atoms with E-state index >= 15 is 0 Å². The van der Waals surface area contributed by atoms with Gasteiger partial charge in [-0.2, -0.15) is 0 Å². The lowest BCUT2D eigenvalue weighted by atomic mass is 10.1. The maximum Gasteiger partial charge on any atom is 0.141 e. The standard InChI is InChI=1S/C9H11BrFNO/c10-9-7(11)4-6(2-1-3-12)5-8(9)13/h4-5,13H,1-3,12H2. The summed E-state index contributed by atoms with van der Waals surface area (Å²) in [6, 6.07) is 2.95. The molecule has 0 aliphatic carbocycles. The third-order valence-corrected chi connectivity index (χ3v) is 2.52. The zero-order valence-corrected chi connectivity index (χ0v) is 8.64. The maximum atomic E-state index is 13.0. The second-order valence-corrected chi connectivity index (χ2v) is 3.60. The zero-order valence-electron chi connectivity index (χ0n) is 7.06. The van der Waals surface area contributed by atoms with Crippen LogP contribution in [0.1, 0.15) is 12.0 Å². The summed E-state index contributed by atoms with van der Waals surface area (Å²) in [5.74, 6) is -0.501. The summed E-state index contributed by atoms with van der Waals surface area (Å²) >= 11 is 2.93. The SMILES string of the molecule is NCCCc1cc(O)c(Br)c(F)c1. The van der Waals surface area contributed by atoms with Gasteiger partial charge in [0.2, 0.25) is 0 Å². The fourth-order valence-electron chi connectivity index (χ4n) is 1.08. The molecule has 0 saturated carbocycles. The second kappa shape index (κ2) is 4.58. The molecule has 0 heterocycles. The van der Waals surface area contributed by atoms with E-state index in [2.05, 4.69) is 15.9 Å². The predicted molar refractivity (Wildman–Crippen MR) is 53.1 cm³/mol. The Hall–Kier alpha value is -0.610. The average molecular weight is 248 g/mol. The Morgan fingerprint density at radius 3 is 2.69 bits per heavy atom. The van der Waals surface area contributed by atoms with Gasteiger partial charge in [-0.1, -0.05) is 0 Å². The summed E-state index contributed by atoms with van der Waals surface area (Å²) in [4.78, 5) is 0. The summed E-state index contributed by atoms with van der Waals surface area (Å²) in [7, 11) is 0. The van der Waals surface area contributed by atoms with Crippen molar-refractivity contribution in [3.05, 3.63) is 28.0 Å². The Balaban J connectivity index is 2.86. The Bertz CT molecular complexity index is 281. The molecule has 1 aromatic rings. The van der Waals surface area contributed by atoms with Gasteiger partial charge in [0.1, 0.15) is 11.6 Å². The number of nitrogens with two attached hydrogens (primary N) is 1. The van der Waals surface area contributed by atoms with Crippen LogP contribution in [0.5, 0.6) is 5.75 Å². The molecule has 0 bridgehead atoms. The van der Waals surface area contributed by atoms with E-state index in [0.29, 0.717) is 13.0 Å². The van der Waals surface area contributed by atoms with E-state index in [1.807, 2.05) is 0 Å². The first-order valence-electron chi connectivity index (χ1n) is 4.02. The number of aromatic hydroxyl groups is 1. The van der Waals surface area contributed by atoms with Gasteiger partial charge in [0, 0.05) is 0 Å². The van der Waals surface area contributed by atoms with Crippen LogP contribution in [-0.2, 0) is 6.42 Å². The Morgan fingerprint density at radius 2 is 2.15 bits per heavy atom. The highest BCUT2D eigenvalue weighted by atomic mass is 79.9. The van der Waals surface area contributed by atoms with Crippen LogP contribution >= 0.6 is 15.9 Å². The Morgan fingerprint density at radius 1 is 1.46 bits per heavy atom. The lowest BCUT2D eigenvalue weighted by Crippen LogP contribution is -2.00. The first kappa shape index (κ1) is 10.5. The lowest BCUT2D eigenvalue weighted by molar-refractivity contribution is 0.463. The normalized spacial score (nSPS) is 10.4. The fourth-order valence-corrected chi connectivity index (χ4v) is 1.31. The highest BCUT2D eigenvalue weighted by molar-refractivity contribution is 9.10. The molecule has 0 unspecified atom stereocenters. The molecule has 0 radical (unpaired) electrons. The molecule has 0 fully saturated rings. The van der Waals surface area contributed by atoms with E-state index in [-0.39, 0.29) is 10.2 Å². The number of rotatable bonds is 3. The average Bonchev–Trinajstić information content (AvgIpc) is 2.10. The topological polar surface area (TPSA) is 46.2 Å². The van der Waals surface area contributed by atoms with Crippen molar-refractivity contribution in [1.82, 2.24) is 0 Å². The summed E-state index contributed by atoms with van der Waals surface area (Å²) < 4.78 is 13.1. The van der Waals surface area contributed by atoms with Crippen LogP contribution in [0.3, 0.4) is 0 Å². The molecular weight excluding hydrogens is 237 g/mol. The minimum absolute atomic E-state index is 0.0629. The van der Waals surface area contributed by atoms with E-state index in [9.17, 15) is 9.50 Å². The van der Waals surface area contributed by atoms with Gasteiger partial charge in [0.25, 0.3) is 0 Å². The highest BCUT2D eigenvalue weighted by Gasteiger charge is 2.06. The van der Waals surface area contributed by atoms with Crippen molar-refractivity contribution in [2.45, 2.75) is 12.8 Å². The molecule has 0 spiro atoms. The van der Waals surface area contributed by atoms with Crippen LogP contribution in [-0.4, -0.2) is 11.7 Å². The van der Waals surface area contributed by atoms with Crippen molar-refractivity contribution < 1.29 is 9.50 Å². The smallest absolute Gasteiger partial charge is 0.141 e. The van der Waals surface area contributed by atoms with Gasteiger partial charge in [-0.05, 0) is 53.0 Å². The molecule has 0 aliphatic rings. The molecule has 1 rings (SSSR count). The molecule has 13 heavy (non-hydrogen) atoms. The molecule has 1 aromatic carbocycles. The van der Waals surface area contributed by atoms with E-state index in [1.54, 1.807) is 6.07 Å². The van der Waals surface area contributed by atoms with Gasteiger partial charge in [0.15, 0.2) is 0 Å². The number of phenols is 1. The van der Waals surface area contributed by atoms with Crippen molar-refractivity contribution >= 4 is 15.9 Å². The number of hydrogen-bond donors (Lipinski definition) is 2. The van der Waals surface area contributed by atoms with Crippen LogP contribution in [0.15, 0.2) is 16.6 Å². The van der Waals surface area contributed by atoms with E-state index < -0.39 is 5.82 Å². The first-order valence-corrected chi connectivity index (χ1v) is 4.81. The van der Waals surface area contributed by atoms with Crippen molar-refractivity contribution in [3.8, 4) is 5.75 Å². The summed E-state index contributed by atoms with van der Waals surface area (Å²) in [6.45, 7) is 0.568. The van der Waals surface area contributed by atoms with Gasteiger partial charge in [-0.25, -0.2) is 4.39 Å². The van der Waals surface area contributed by atoms with E-state index in [1.165, 1.54) is 6.07 Å². The molecule has 2 nitrogen and oxygen atoms in total. The minimum atomic E-state index is -0.438. The Kier molecular flexibility index (Phi) is 3.69. The molecule has 4 heteroatoms. The summed E-state index contributed by atoms with van der Waals surface area (Å²) in [6.07, 6.45) is 1.48. The number of hydrogen-bond acceptors (Lipinski definition) is 2. The van der Waals surface area contributed by atoms with E-state index in [0.717, 1.165) is 12.0 Å². The third-order valence-electron chi connectivity index (χ3n) is 1.74. The van der Waals surface area contributed by atoms with Gasteiger partial charge in [-0.15, -0.1) is 0 Å². The molecular formula is C9H11BrFNO. The van der Waals surface area contributed by atoms with Crippen LogP contribution in [0.4, 0.5) is 4.39 Å². The quantitative estimate of drug-likeness (QED) is 0.861. The molecule has 0 saturated heterocycles. The molecule has 72 valence electrons. The molecule has 0 aromatic heterocycles. The second-order valence-electron chi connectivity index (χ2n) is 2.80. The maximum absolute atomic E-state index is 13.0. The highest BCUT2D eigenvalue weighted by Crippen LogP contribution is 2.28. The predicted octanol–water partition coefficient (Wildman–Crippen LogP) is 2.19. The van der Waals surface area contributed by atoms with Crippen molar-refractivity contribution in [2.24, 2.45) is 5.73 Å². The van der Waals surface area contributed by atoms with Gasteiger partial charge < -0.3 is 10.8 Å². The summed E-state index contributed by atoms with van der Waals surface area (Å²) in [5.41, 5.74) is 6.08. The lowest BCUT2D eigenvalue weighted by Gasteiger charge is -2.03. The monoisotopic (exact) mass is 247 g/mol. The van der Waals surface area contributed by atoms with Crippen LogP contribution in [0.25, 0.3) is 0 Å². The van der Waals surface area contributed by atoms with Crippen LogP contribution in [0.2, 0.25) is 0 Å². The third kappa shape index (κ3) is 2.67. The first-order chi connectivity index (χ1) is 6.15. The van der Waals surface area contributed by atoms with Crippen molar-refractivity contribution in [1.29, 1.82) is 0 Å². The minimum Gasteiger partial charge on any atom is -0.507 e. The largest absolute Gasteiger partial charge is 0.507 e. The zero-order chi connectivity index (χ0) is 9.84. The molecule has 3 N–H and O–H groups in total. The number of phenolic OH excluding ortho intramolecular Hbond substituents is 1. The summed E-state index contributed by atoms with van der Waals surface area (Å²) in [5, 5.41) is 9.26. The fraction of sp³-hybridized carbons (Fsp3) is 0.333. The van der Waals surface area contributed by atoms with Gasteiger partial charge in [0.05, 0.1) is 4.47 Å². The Labute approximate surface area is 84.7 Å². The molecule has 0 atom stereocenters. The van der Waals surface area contributed by atoms with E-state index in [4.69, 9.17) is 5.73 Å². The van der Waals surface area contributed by atoms with Crippen molar-refractivity contribution in [3.63, 3.8) is 0 Å². The molecule has 0 aliphatic heterocycles. The van der Waals surface area contributed by atoms with Gasteiger partial charge >= 0.3 is 0 Å². The molecule has 0 amide bonds. The van der Waals surface area contributed by atoms with Gasteiger partial charge in [-0.3, -0.25) is 0 Å². The van der Waals surface area contributed by atoms with Crippen LogP contribution < -0.4 is 5.73 Å². The number of halogens is 2. The van der Waals surface area contributed by atoms with Crippen LogP contribution in [0, 0.1) is 5.82 Å². The van der Waals surface area contributed by atoms with Crippen molar-refractivity contribution in [2.75, 3.05) is 6.54 Å². The number of benzene rings is 1. The number of aryl methyl sites for hydroxylation is 1.